The molecular weight excluding hydrogens is 394 g/mol. The van der Waals surface area contributed by atoms with Crippen molar-refractivity contribution in [2.75, 3.05) is 18.6 Å². The molecule has 0 fully saturated rings. The summed E-state index contributed by atoms with van der Waals surface area (Å²) in [5.41, 5.74) is 6.79. The van der Waals surface area contributed by atoms with E-state index in [9.17, 15) is 0 Å². The van der Waals surface area contributed by atoms with Gasteiger partial charge in [0.15, 0.2) is 11.5 Å². The molecule has 152 valence electrons. The van der Waals surface area contributed by atoms with Crippen LogP contribution in [0.2, 0.25) is 0 Å². The molecule has 6 heteroatoms. The highest BCUT2D eigenvalue weighted by Gasteiger charge is 2.12. The van der Waals surface area contributed by atoms with Gasteiger partial charge in [0, 0.05) is 16.5 Å². The Bertz CT molecular complexity index is 1050. The Labute approximate surface area is 181 Å². The maximum atomic E-state index is 5.76. The molecule has 1 aromatic heterocycles. The normalized spacial score (nSPS) is 10.5. The van der Waals surface area contributed by atoms with Gasteiger partial charge < -0.3 is 9.47 Å². The summed E-state index contributed by atoms with van der Waals surface area (Å²) in [4.78, 5) is 4.57. The van der Waals surface area contributed by atoms with Gasteiger partial charge in [0.1, 0.15) is 6.61 Å². The quantitative estimate of drug-likeness (QED) is 0.208. The van der Waals surface area contributed by atoms with Crippen LogP contribution in [-0.2, 0) is 6.42 Å². The highest BCUT2D eigenvalue weighted by Crippen LogP contribution is 2.33. The third-order valence-corrected chi connectivity index (χ3v) is 4.81. The molecule has 0 saturated heterocycles. The number of aromatic nitrogens is 1. The van der Waals surface area contributed by atoms with Gasteiger partial charge in [0.05, 0.1) is 18.5 Å². The average Bonchev–Trinajstić information content (AvgIpc) is 3.23. The molecule has 3 rings (SSSR count). The van der Waals surface area contributed by atoms with Crippen molar-refractivity contribution in [2.24, 2.45) is 5.10 Å². The molecule has 0 saturated carbocycles. The van der Waals surface area contributed by atoms with Gasteiger partial charge in [-0.1, -0.05) is 42.3 Å². The first-order valence-corrected chi connectivity index (χ1v) is 10.4. The largest absolute Gasteiger partial charge is 0.490 e. The van der Waals surface area contributed by atoms with Gasteiger partial charge in [0.25, 0.3) is 0 Å². The second kappa shape index (κ2) is 10.8. The van der Waals surface area contributed by atoms with E-state index in [1.165, 1.54) is 11.3 Å². The fraction of sp³-hybridized carbons (Fsp3) is 0.167. The topological polar surface area (TPSA) is 55.7 Å². The monoisotopic (exact) mass is 417 g/mol. The lowest BCUT2D eigenvalue weighted by atomic mass is 10.1. The molecule has 3 aromatic rings. The summed E-state index contributed by atoms with van der Waals surface area (Å²) in [6.07, 6.45) is 9.51. The van der Waals surface area contributed by atoms with Crippen molar-refractivity contribution in [3.63, 3.8) is 0 Å². The lowest BCUT2D eigenvalue weighted by Gasteiger charge is -2.15. The Morgan fingerprint density at radius 2 is 2.10 bits per heavy atom. The standard InChI is InChI=1S/C24H23N3O2S/c1-4-10-20-14-18(15-22(28-6-3)23(20)29-13-5-2)16-25-27-24-26-21(17-30-24)19-11-8-7-9-12-19/h2,4,7-9,11-12,14-17H,1,6,10,13H2,3H3,(H,26,27). The second-order valence-electron chi connectivity index (χ2n) is 6.20. The molecule has 0 spiro atoms. The molecule has 30 heavy (non-hydrogen) atoms. The molecule has 0 aliphatic rings. The van der Waals surface area contributed by atoms with E-state index in [0.29, 0.717) is 24.5 Å². The van der Waals surface area contributed by atoms with Gasteiger partial charge >= 0.3 is 0 Å². The molecular formula is C24H23N3O2S. The van der Waals surface area contributed by atoms with Crippen molar-refractivity contribution in [2.45, 2.75) is 13.3 Å². The number of rotatable bonds is 10. The van der Waals surface area contributed by atoms with Crippen LogP contribution in [0.5, 0.6) is 11.5 Å². The van der Waals surface area contributed by atoms with Gasteiger partial charge in [-0.15, -0.1) is 24.3 Å². The Kier molecular flexibility index (Phi) is 7.64. The Morgan fingerprint density at radius 3 is 2.83 bits per heavy atom. The molecule has 1 heterocycles. The molecule has 0 unspecified atom stereocenters. The number of ether oxygens (including phenoxy) is 2. The molecule has 5 nitrogen and oxygen atoms in total. The second-order valence-corrected chi connectivity index (χ2v) is 7.06. The predicted molar refractivity (Wildman–Crippen MR) is 125 cm³/mol. The van der Waals surface area contributed by atoms with Crippen LogP contribution in [0, 0.1) is 12.3 Å². The number of benzene rings is 2. The maximum absolute atomic E-state index is 5.76. The first-order valence-electron chi connectivity index (χ1n) is 9.52. The van der Waals surface area contributed by atoms with Crippen molar-refractivity contribution in [1.29, 1.82) is 0 Å². The van der Waals surface area contributed by atoms with Crippen molar-refractivity contribution in [1.82, 2.24) is 4.98 Å². The molecule has 0 amide bonds. The van der Waals surface area contributed by atoms with E-state index < -0.39 is 0 Å². The summed E-state index contributed by atoms with van der Waals surface area (Å²) in [6, 6.07) is 13.9. The van der Waals surface area contributed by atoms with Crippen LogP contribution >= 0.6 is 11.3 Å². The molecule has 0 bridgehead atoms. The zero-order valence-corrected chi connectivity index (χ0v) is 17.6. The first-order chi connectivity index (χ1) is 14.7. The van der Waals surface area contributed by atoms with Crippen LogP contribution in [0.4, 0.5) is 5.13 Å². The van der Waals surface area contributed by atoms with E-state index >= 15 is 0 Å². The summed E-state index contributed by atoms with van der Waals surface area (Å²) >= 11 is 1.50. The summed E-state index contributed by atoms with van der Waals surface area (Å²) in [5, 5.41) is 7.05. The van der Waals surface area contributed by atoms with Crippen molar-refractivity contribution in [3.8, 4) is 35.1 Å². The maximum Gasteiger partial charge on any atom is 0.203 e. The van der Waals surface area contributed by atoms with Crippen LogP contribution in [0.3, 0.4) is 0 Å². The number of terminal acetylenes is 1. The third-order valence-electron chi connectivity index (χ3n) is 4.07. The smallest absolute Gasteiger partial charge is 0.203 e. The molecule has 0 atom stereocenters. The lowest BCUT2D eigenvalue weighted by molar-refractivity contribution is 0.297. The number of nitrogens with one attached hydrogen (secondary N) is 1. The zero-order valence-electron chi connectivity index (χ0n) is 16.8. The number of hydrogen-bond acceptors (Lipinski definition) is 6. The minimum Gasteiger partial charge on any atom is -0.490 e. The molecule has 0 aliphatic heterocycles. The number of anilines is 1. The van der Waals surface area contributed by atoms with Crippen molar-refractivity contribution in [3.05, 3.63) is 71.6 Å². The van der Waals surface area contributed by atoms with E-state index in [2.05, 4.69) is 28.0 Å². The summed E-state index contributed by atoms with van der Waals surface area (Å²) in [6.45, 7) is 6.43. The van der Waals surface area contributed by atoms with E-state index in [1.54, 1.807) is 6.21 Å². The van der Waals surface area contributed by atoms with E-state index in [4.69, 9.17) is 15.9 Å². The molecule has 1 N–H and O–H groups in total. The third kappa shape index (κ3) is 5.49. The number of nitrogens with zero attached hydrogens (tertiary/aromatic N) is 2. The highest BCUT2D eigenvalue weighted by atomic mass is 32.1. The summed E-state index contributed by atoms with van der Waals surface area (Å²) in [7, 11) is 0. The fourth-order valence-corrected chi connectivity index (χ4v) is 3.50. The minimum atomic E-state index is 0.174. The van der Waals surface area contributed by atoms with Crippen LogP contribution in [-0.4, -0.2) is 24.4 Å². The fourth-order valence-electron chi connectivity index (χ4n) is 2.83. The van der Waals surface area contributed by atoms with Gasteiger partial charge in [-0.2, -0.15) is 5.10 Å². The first kappa shape index (κ1) is 21.2. The van der Waals surface area contributed by atoms with Crippen molar-refractivity contribution < 1.29 is 9.47 Å². The number of hydrazone groups is 1. The van der Waals surface area contributed by atoms with Crippen LogP contribution in [0.15, 0.2) is 65.6 Å². The van der Waals surface area contributed by atoms with Crippen LogP contribution in [0.1, 0.15) is 18.1 Å². The summed E-state index contributed by atoms with van der Waals surface area (Å²) in [5.74, 6) is 3.77. The highest BCUT2D eigenvalue weighted by molar-refractivity contribution is 7.14. The lowest BCUT2D eigenvalue weighted by Crippen LogP contribution is -2.04. The Hall–Kier alpha value is -3.56. The zero-order chi connectivity index (χ0) is 21.2. The van der Waals surface area contributed by atoms with Gasteiger partial charge in [-0.25, -0.2) is 4.98 Å². The summed E-state index contributed by atoms with van der Waals surface area (Å²) < 4.78 is 11.5. The number of allylic oxidation sites excluding steroid dienone is 1. The van der Waals surface area contributed by atoms with Gasteiger partial charge in [0.2, 0.25) is 5.13 Å². The SMILES string of the molecule is C#CCOc1c(CC=C)cc(C=NNc2nc(-c3ccccc3)cs2)cc1OCC. The Morgan fingerprint density at radius 1 is 1.27 bits per heavy atom. The van der Waals surface area contributed by atoms with E-state index in [0.717, 1.165) is 27.5 Å². The van der Waals surface area contributed by atoms with Gasteiger partial charge in [-0.3, -0.25) is 5.43 Å². The Balaban J connectivity index is 1.78. The molecule has 0 radical (unpaired) electrons. The number of thiazole rings is 1. The van der Waals surface area contributed by atoms with Crippen molar-refractivity contribution >= 4 is 22.7 Å². The molecule has 2 aromatic carbocycles. The predicted octanol–water partition coefficient (Wildman–Crippen LogP) is 5.40. The van der Waals surface area contributed by atoms with Crippen LogP contribution in [0.25, 0.3) is 11.3 Å². The van der Waals surface area contributed by atoms with Gasteiger partial charge in [-0.05, 0) is 31.0 Å². The minimum absolute atomic E-state index is 0.174. The van der Waals surface area contributed by atoms with E-state index in [1.807, 2.05) is 60.8 Å². The average molecular weight is 418 g/mol. The molecule has 0 aliphatic carbocycles. The van der Waals surface area contributed by atoms with Crippen LogP contribution < -0.4 is 14.9 Å². The number of hydrogen-bond donors (Lipinski definition) is 1. The van der Waals surface area contributed by atoms with E-state index in [-0.39, 0.29) is 6.61 Å².